The second kappa shape index (κ2) is 6.87. The maximum absolute atomic E-state index is 11.3. The normalized spacial score (nSPS) is 30.4. The van der Waals surface area contributed by atoms with E-state index in [9.17, 15) is 9.90 Å². The Labute approximate surface area is 171 Å². The number of ether oxygens (including phenoxy) is 2. The van der Waals surface area contributed by atoms with E-state index < -0.39 is 5.60 Å². The van der Waals surface area contributed by atoms with Crippen LogP contribution < -0.4 is 15.0 Å². The molecule has 6 heteroatoms. The number of fused-ring (bicyclic) bond motifs is 1. The number of rotatable bonds is 4. The molecule has 1 aliphatic carbocycles. The smallest absolute Gasteiger partial charge is 0.300 e. The predicted octanol–water partition coefficient (Wildman–Crippen LogP) is 3.30. The molecular weight excluding hydrogens is 368 g/mol. The molecule has 0 radical (unpaired) electrons. The first kappa shape index (κ1) is 20.0. The maximum Gasteiger partial charge on any atom is 0.300 e. The molecule has 2 heterocycles. The van der Waals surface area contributed by atoms with Crippen molar-refractivity contribution in [2.24, 2.45) is 5.41 Å². The van der Waals surface area contributed by atoms with Crippen LogP contribution in [0.25, 0.3) is 0 Å². The molecule has 1 aliphatic heterocycles. The summed E-state index contributed by atoms with van der Waals surface area (Å²) in [6.45, 7) is 9.67. The average Bonchev–Trinajstić information content (AvgIpc) is 2.99. The molecule has 0 bridgehead atoms. The SMILES string of the molecule is CC1(C)CC(C)(O)CC(C)(c2ccc(OCC3Cn4ccc(=O)nc4O3)cc2)C1. The minimum absolute atomic E-state index is 0.0711. The van der Waals surface area contributed by atoms with Gasteiger partial charge < -0.3 is 14.6 Å². The van der Waals surface area contributed by atoms with Crippen LogP contribution in [0.15, 0.2) is 41.3 Å². The molecule has 1 aromatic carbocycles. The van der Waals surface area contributed by atoms with Crippen LogP contribution in [0.1, 0.15) is 52.5 Å². The number of benzene rings is 1. The van der Waals surface area contributed by atoms with Crippen LogP contribution >= 0.6 is 0 Å². The van der Waals surface area contributed by atoms with E-state index in [1.54, 1.807) is 6.20 Å². The molecule has 0 amide bonds. The molecule has 1 saturated carbocycles. The van der Waals surface area contributed by atoms with Crippen molar-refractivity contribution < 1.29 is 14.6 Å². The second-order valence-electron chi connectivity index (χ2n) is 10.0. The molecule has 2 aliphatic rings. The van der Waals surface area contributed by atoms with Gasteiger partial charge in [0.1, 0.15) is 12.4 Å². The number of nitrogens with zero attached hydrogens (tertiary/aromatic N) is 2. The summed E-state index contributed by atoms with van der Waals surface area (Å²) < 4.78 is 13.4. The lowest BCUT2D eigenvalue weighted by Gasteiger charge is -2.50. The maximum atomic E-state index is 11.3. The molecule has 3 unspecified atom stereocenters. The fourth-order valence-corrected chi connectivity index (χ4v) is 5.60. The molecule has 1 fully saturated rings. The lowest BCUT2D eigenvalue weighted by Crippen LogP contribution is -2.47. The summed E-state index contributed by atoms with van der Waals surface area (Å²) in [5.41, 5.74) is 0.293. The summed E-state index contributed by atoms with van der Waals surface area (Å²) in [7, 11) is 0. The van der Waals surface area contributed by atoms with Gasteiger partial charge in [-0.3, -0.25) is 9.36 Å². The minimum Gasteiger partial charge on any atom is -0.490 e. The van der Waals surface area contributed by atoms with E-state index in [-0.39, 0.29) is 22.5 Å². The van der Waals surface area contributed by atoms with Crippen molar-refractivity contribution >= 4 is 0 Å². The molecule has 3 atom stereocenters. The van der Waals surface area contributed by atoms with Crippen LogP contribution in [0.3, 0.4) is 0 Å². The molecule has 6 nitrogen and oxygen atoms in total. The highest BCUT2D eigenvalue weighted by Gasteiger charge is 2.46. The van der Waals surface area contributed by atoms with Gasteiger partial charge in [0.2, 0.25) is 0 Å². The van der Waals surface area contributed by atoms with Crippen LogP contribution in [-0.4, -0.2) is 33.0 Å². The third-order valence-corrected chi connectivity index (χ3v) is 6.01. The fraction of sp³-hybridized carbons (Fsp3) is 0.565. The van der Waals surface area contributed by atoms with Gasteiger partial charge in [-0.1, -0.05) is 32.9 Å². The molecule has 29 heavy (non-hydrogen) atoms. The molecule has 0 saturated heterocycles. The third-order valence-electron chi connectivity index (χ3n) is 6.01. The van der Waals surface area contributed by atoms with Crippen LogP contribution in [0.2, 0.25) is 0 Å². The van der Waals surface area contributed by atoms with Gasteiger partial charge in [0.25, 0.3) is 11.6 Å². The highest BCUT2D eigenvalue weighted by molar-refractivity contribution is 5.33. The quantitative estimate of drug-likeness (QED) is 0.855. The van der Waals surface area contributed by atoms with E-state index in [1.165, 1.54) is 11.6 Å². The second-order valence-corrected chi connectivity index (χ2v) is 10.0. The zero-order valence-electron chi connectivity index (χ0n) is 17.6. The molecule has 0 spiro atoms. The molecule has 4 rings (SSSR count). The molecule has 1 aromatic heterocycles. The van der Waals surface area contributed by atoms with Gasteiger partial charge in [-0.25, -0.2) is 0 Å². The zero-order valence-corrected chi connectivity index (χ0v) is 17.6. The van der Waals surface area contributed by atoms with Crippen molar-refractivity contribution in [3.63, 3.8) is 0 Å². The Hall–Kier alpha value is -2.34. The van der Waals surface area contributed by atoms with Crippen molar-refractivity contribution in [1.29, 1.82) is 0 Å². The van der Waals surface area contributed by atoms with Crippen LogP contribution in [0.5, 0.6) is 11.8 Å². The average molecular weight is 399 g/mol. The van der Waals surface area contributed by atoms with Crippen LogP contribution in [0.4, 0.5) is 0 Å². The third kappa shape index (κ3) is 4.32. The number of hydrogen-bond donors (Lipinski definition) is 1. The zero-order chi connectivity index (χ0) is 20.9. The Balaban J connectivity index is 1.40. The highest BCUT2D eigenvalue weighted by Crippen LogP contribution is 2.51. The molecule has 2 aromatic rings. The summed E-state index contributed by atoms with van der Waals surface area (Å²) in [4.78, 5) is 15.2. The van der Waals surface area contributed by atoms with Crippen molar-refractivity contribution in [2.45, 2.75) is 70.6 Å². The highest BCUT2D eigenvalue weighted by atomic mass is 16.6. The van der Waals surface area contributed by atoms with Gasteiger partial charge in [-0.15, -0.1) is 0 Å². The lowest BCUT2D eigenvalue weighted by atomic mass is 9.57. The lowest BCUT2D eigenvalue weighted by molar-refractivity contribution is -0.0548. The Bertz CT molecular complexity index is 930. The van der Waals surface area contributed by atoms with Gasteiger partial charge >= 0.3 is 0 Å². The van der Waals surface area contributed by atoms with Gasteiger partial charge in [-0.05, 0) is 54.7 Å². The van der Waals surface area contributed by atoms with E-state index in [1.807, 2.05) is 23.6 Å². The first-order chi connectivity index (χ1) is 13.5. The fourth-order valence-electron chi connectivity index (χ4n) is 5.60. The van der Waals surface area contributed by atoms with Gasteiger partial charge in [0, 0.05) is 12.3 Å². The van der Waals surface area contributed by atoms with E-state index in [2.05, 4.69) is 37.9 Å². The monoisotopic (exact) mass is 398 g/mol. The molecule has 156 valence electrons. The Morgan fingerprint density at radius 1 is 1.14 bits per heavy atom. The Kier molecular flexibility index (Phi) is 4.73. The van der Waals surface area contributed by atoms with Crippen LogP contribution in [-0.2, 0) is 12.0 Å². The first-order valence-corrected chi connectivity index (χ1v) is 10.2. The first-order valence-electron chi connectivity index (χ1n) is 10.2. The summed E-state index contributed by atoms with van der Waals surface area (Å²) in [5, 5.41) is 10.8. The van der Waals surface area contributed by atoms with E-state index in [4.69, 9.17) is 9.47 Å². The summed E-state index contributed by atoms with van der Waals surface area (Å²) in [6, 6.07) is 9.97. The van der Waals surface area contributed by atoms with E-state index >= 15 is 0 Å². The van der Waals surface area contributed by atoms with Gasteiger partial charge in [-0.2, -0.15) is 4.98 Å². The summed E-state index contributed by atoms with van der Waals surface area (Å²) in [6.07, 6.45) is 4.14. The number of hydrogen-bond acceptors (Lipinski definition) is 5. The summed E-state index contributed by atoms with van der Waals surface area (Å²) in [5.74, 6) is 0.779. The van der Waals surface area contributed by atoms with Crippen molar-refractivity contribution in [3.8, 4) is 11.8 Å². The van der Waals surface area contributed by atoms with E-state index in [0.29, 0.717) is 19.2 Å². The number of aromatic nitrogens is 2. The number of aliphatic hydroxyl groups is 1. The van der Waals surface area contributed by atoms with Crippen molar-refractivity contribution in [3.05, 3.63) is 52.4 Å². The standard InChI is InChI=1S/C23H30N2O4/c1-21(2)13-22(3,15-23(4,27)14-21)16-5-7-17(8-6-16)28-12-18-11-25-10-9-19(26)24-20(25)29-18/h5-10,18,27H,11-15H2,1-4H3. The predicted molar refractivity (Wildman–Crippen MR) is 110 cm³/mol. The van der Waals surface area contributed by atoms with Crippen molar-refractivity contribution in [2.75, 3.05) is 6.61 Å². The van der Waals surface area contributed by atoms with Crippen molar-refractivity contribution in [1.82, 2.24) is 9.55 Å². The van der Waals surface area contributed by atoms with Crippen LogP contribution in [0, 0.1) is 5.41 Å². The molecule has 1 N–H and O–H groups in total. The van der Waals surface area contributed by atoms with Gasteiger partial charge in [0.15, 0.2) is 6.10 Å². The largest absolute Gasteiger partial charge is 0.490 e. The summed E-state index contributed by atoms with van der Waals surface area (Å²) >= 11 is 0. The Morgan fingerprint density at radius 2 is 1.86 bits per heavy atom. The topological polar surface area (TPSA) is 73.6 Å². The minimum atomic E-state index is -0.657. The molecular formula is C23H30N2O4. The van der Waals surface area contributed by atoms with E-state index in [0.717, 1.165) is 25.0 Å². The Morgan fingerprint density at radius 3 is 2.55 bits per heavy atom. The van der Waals surface area contributed by atoms with Gasteiger partial charge in [0.05, 0.1) is 12.1 Å².